The lowest BCUT2D eigenvalue weighted by atomic mass is 10.1. The summed E-state index contributed by atoms with van der Waals surface area (Å²) in [5.74, 6) is 0. The van der Waals surface area contributed by atoms with Crippen LogP contribution in [-0.2, 0) is 0 Å². The quantitative estimate of drug-likeness (QED) is 0.675. The van der Waals surface area contributed by atoms with E-state index in [9.17, 15) is 13.2 Å². The molecule has 0 aliphatic rings. The van der Waals surface area contributed by atoms with Crippen LogP contribution >= 0.6 is 0 Å². The van der Waals surface area contributed by atoms with E-state index in [0.29, 0.717) is 5.57 Å². The molecule has 0 heterocycles. The van der Waals surface area contributed by atoms with Gasteiger partial charge in [-0.25, -0.2) is 0 Å². The molecule has 0 aromatic heterocycles. The predicted octanol–water partition coefficient (Wildman–Crippen LogP) is 4.04. The van der Waals surface area contributed by atoms with Gasteiger partial charge in [-0.15, -0.1) is 0 Å². The Morgan fingerprint density at radius 3 is 2.29 bits per heavy atom. The van der Waals surface area contributed by atoms with E-state index in [2.05, 4.69) is 0 Å². The van der Waals surface area contributed by atoms with Crippen LogP contribution < -0.4 is 0 Å². The average molecular weight is 200 g/mol. The molecule has 14 heavy (non-hydrogen) atoms. The summed E-state index contributed by atoms with van der Waals surface area (Å²) < 4.78 is 35.9. The lowest BCUT2D eigenvalue weighted by Gasteiger charge is -2.05. The van der Waals surface area contributed by atoms with Crippen molar-refractivity contribution < 1.29 is 13.2 Å². The van der Waals surface area contributed by atoms with E-state index in [4.69, 9.17) is 0 Å². The van der Waals surface area contributed by atoms with E-state index in [0.717, 1.165) is 5.56 Å². The van der Waals surface area contributed by atoms with Crippen LogP contribution in [0.3, 0.4) is 0 Å². The summed E-state index contributed by atoms with van der Waals surface area (Å²) >= 11 is 0. The second-order valence-corrected chi connectivity index (χ2v) is 3.19. The molecular weight excluding hydrogens is 189 g/mol. The topological polar surface area (TPSA) is 0 Å². The highest BCUT2D eigenvalue weighted by Crippen LogP contribution is 2.25. The number of hydrogen-bond donors (Lipinski definition) is 0. The highest BCUT2D eigenvalue weighted by atomic mass is 19.4. The Hall–Kier alpha value is -1.25. The molecule has 3 heteroatoms. The summed E-state index contributed by atoms with van der Waals surface area (Å²) in [7, 11) is 0. The van der Waals surface area contributed by atoms with Gasteiger partial charge in [-0.3, -0.25) is 0 Å². The van der Waals surface area contributed by atoms with Crippen LogP contribution in [0.15, 0.2) is 35.9 Å². The molecule has 0 saturated heterocycles. The Kier molecular flexibility index (Phi) is 3.33. The van der Waals surface area contributed by atoms with E-state index in [1.54, 1.807) is 30.3 Å². The van der Waals surface area contributed by atoms with Gasteiger partial charge in [0.2, 0.25) is 0 Å². The number of alkyl halides is 3. The monoisotopic (exact) mass is 200 g/mol. The fourth-order valence-corrected chi connectivity index (χ4v) is 1.20. The lowest BCUT2D eigenvalue weighted by Crippen LogP contribution is -2.06. The maximum Gasteiger partial charge on any atom is 0.392 e. The first-order valence-corrected chi connectivity index (χ1v) is 4.26. The Balaban J connectivity index is 2.70. The molecule has 0 N–H and O–H groups in total. The highest BCUT2D eigenvalue weighted by Gasteiger charge is 2.27. The van der Waals surface area contributed by atoms with E-state index < -0.39 is 12.6 Å². The lowest BCUT2D eigenvalue weighted by molar-refractivity contribution is -0.126. The number of halogens is 3. The zero-order valence-electron chi connectivity index (χ0n) is 7.81. The van der Waals surface area contributed by atoms with Gasteiger partial charge < -0.3 is 0 Å². The molecule has 0 amide bonds. The summed E-state index contributed by atoms with van der Waals surface area (Å²) in [5.41, 5.74) is 1.12. The van der Waals surface area contributed by atoms with Crippen LogP contribution in [0.1, 0.15) is 18.9 Å². The van der Waals surface area contributed by atoms with Crippen LogP contribution in [0.25, 0.3) is 6.08 Å². The fraction of sp³-hybridized carbons (Fsp3) is 0.273. The smallest absolute Gasteiger partial charge is 0.171 e. The van der Waals surface area contributed by atoms with Crippen molar-refractivity contribution >= 4 is 6.08 Å². The second kappa shape index (κ2) is 4.31. The van der Waals surface area contributed by atoms with Gasteiger partial charge in [-0.1, -0.05) is 42.0 Å². The van der Waals surface area contributed by atoms with Crippen LogP contribution in [0.4, 0.5) is 13.2 Å². The Morgan fingerprint density at radius 1 is 1.21 bits per heavy atom. The van der Waals surface area contributed by atoms with Crippen LogP contribution in [-0.4, -0.2) is 6.18 Å². The van der Waals surface area contributed by atoms with Crippen molar-refractivity contribution in [3.63, 3.8) is 0 Å². The third-order valence-electron chi connectivity index (χ3n) is 1.69. The predicted molar refractivity (Wildman–Crippen MR) is 50.8 cm³/mol. The van der Waals surface area contributed by atoms with Crippen molar-refractivity contribution in [1.29, 1.82) is 0 Å². The van der Waals surface area contributed by atoms with E-state index in [1.807, 2.05) is 6.07 Å². The summed E-state index contributed by atoms with van der Waals surface area (Å²) in [4.78, 5) is 0. The van der Waals surface area contributed by atoms with Crippen molar-refractivity contribution in [1.82, 2.24) is 0 Å². The first kappa shape index (κ1) is 10.8. The minimum absolute atomic E-state index is 0.323. The first-order chi connectivity index (χ1) is 6.47. The van der Waals surface area contributed by atoms with E-state index >= 15 is 0 Å². The zero-order valence-corrected chi connectivity index (χ0v) is 7.81. The van der Waals surface area contributed by atoms with Crippen LogP contribution in [0.2, 0.25) is 0 Å². The maximum absolute atomic E-state index is 12.0. The molecule has 76 valence electrons. The first-order valence-electron chi connectivity index (χ1n) is 4.26. The molecule has 0 aliphatic carbocycles. The van der Waals surface area contributed by atoms with Gasteiger partial charge in [-0.2, -0.15) is 13.2 Å². The number of benzene rings is 1. The minimum Gasteiger partial charge on any atom is -0.171 e. The van der Waals surface area contributed by atoms with Gasteiger partial charge in [-0.05, 0) is 12.5 Å². The Bertz CT molecular complexity index is 309. The molecule has 0 nitrogen and oxygen atoms in total. The van der Waals surface area contributed by atoms with Crippen molar-refractivity contribution in [2.45, 2.75) is 19.5 Å². The summed E-state index contributed by atoms with van der Waals surface area (Å²) in [5, 5.41) is 0. The Morgan fingerprint density at radius 2 is 1.79 bits per heavy atom. The van der Waals surface area contributed by atoms with Crippen molar-refractivity contribution in [2.24, 2.45) is 0 Å². The summed E-state index contributed by atoms with van der Waals surface area (Å²) in [6.07, 6.45) is -3.41. The minimum atomic E-state index is -4.12. The fourth-order valence-electron chi connectivity index (χ4n) is 1.20. The molecule has 0 atom stereocenters. The standard InChI is InChI=1S/C11H11F3/c1-9(8-11(12,13)14)7-10-5-3-2-4-6-10/h2-7H,8H2,1H3/b9-7+. The van der Waals surface area contributed by atoms with Gasteiger partial charge in [0, 0.05) is 0 Å². The van der Waals surface area contributed by atoms with Crippen LogP contribution in [0.5, 0.6) is 0 Å². The number of rotatable bonds is 2. The summed E-state index contributed by atoms with van der Waals surface area (Å²) in [6, 6.07) is 8.98. The summed E-state index contributed by atoms with van der Waals surface area (Å²) in [6.45, 7) is 1.49. The van der Waals surface area contributed by atoms with Crippen molar-refractivity contribution in [3.8, 4) is 0 Å². The molecule has 1 rings (SSSR count). The maximum atomic E-state index is 12.0. The van der Waals surface area contributed by atoms with Gasteiger partial charge in [0.15, 0.2) is 0 Å². The van der Waals surface area contributed by atoms with Gasteiger partial charge in [0.1, 0.15) is 0 Å². The zero-order chi connectivity index (χ0) is 10.6. The highest BCUT2D eigenvalue weighted by molar-refractivity contribution is 5.52. The van der Waals surface area contributed by atoms with Crippen molar-refractivity contribution in [3.05, 3.63) is 41.5 Å². The molecule has 0 aliphatic heterocycles. The van der Waals surface area contributed by atoms with Crippen LogP contribution in [0, 0.1) is 0 Å². The normalized spacial score (nSPS) is 13.0. The largest absolute Gasteiger partial charge is 0.392 e. The molecule has 0 bridgehead atoms. The average Bonchev–Trinajstić information content (AvgIpc) is 2.02. The SMILES string of the molecule is C/C(=C\c1ccccc1)CC(F)(F)F. The molecular formula is C11H11F3. The molecule has 0 fully saturated rings. The third kappa shape index (κ3) is 4.12. The van der Waals surface area contributed by atoms with E-state index in [-0.39, 0.29) is 0 Å². The van der Waals surface area contributed by atoms with Gasteiger partial charge in [0.05, 0.1) is 6.42 Å². The van der Waals surface area contributed by atoms with Crippen molar-refractivity contribution in [2.75, 3.05) is 0 Å². The van der Waals surface area contributed by atoms with Gasteiger partial charge in [0.25, 0.3) is 0 Å². The molecule has 0 unspecified atom stereocenters. The molecule has 0 spiro atoms. The Labute approximate surface area is 81.1 Å². The molecule has 1 aromatic carbocycles. The molecule has 0 saturated carbocycles. The van der Waals surface area contributed by atoms with E-state index in [1.165, 1.54) is 6.92 Å². The third-order valence-corrected chi connectivity index (χ3v) is 1.69. The molecule has 1 aromatic rings. The number of hydrogen-bond acceptors (Lipinski definition) is 0. The second-order valence-electron chi connectivity index (χ2n) is 3.19. The molecule has 0 radical (unpaired) electrons. The van der Waals surface area contributed by atoms with Gasteiger partial charge >= 0.3 is 6.18 Å². The number of allylic oxidation sites excluding steroid dienone is 1.